The molecule has 1 aromatic heterocycles. The van der Waals surface area contributed by atoms with Gasteiger partial charge in [-0.2, -0.15) is 0 Å². The van der Waals surface area contributed by atoms with Gasteiger partial charge in [0.2, 0.25) is 0 Å². The summed E-state index contributed by atoms with van der Waals surface area (Å²) in [6.07, 6.45) is 0.739. The van der Waals surface area contributed by atoms with E-state index in [0.717, 1.165) is 12.8 Å². The number of hydrogen-bond donors (Lipinski definition) is 0. The van der Waals surface area contributed by atoms with Crippen molar-refractivity contribution in [2.24, 2.45) is 0 Å². The molecule has 1 saturated heterocycles. The Labute approximate surface area is 235 Å². The van der Waals surface area contributed by atoms with Crippen LogP contribution in [0.2, 0.25) is 10.0 Å². The molecule has 1 aliphatic heterocycles. The number of carbonyl (C=O) groups excluding carboxylic acids is 1. The Bertz CT molecular complexity index is 1390. The van der Waals surface area contributed by atoms with Crippen molar-refractivity contribution < 1.29 is 27.6 Å². The van der Waals surface area contributed by atoms with E-state index in [1.54, 1.807) is 54.3 Å². The van der Waals surface area contributed by atoms with Crippen LogP contribution in [0, 0.1) is 11.8 Å². The molecular weight excluding hydrogens is 549 g/mol. The topological polar surface area (TPSA) is 64.8 Å². The molecule has 1 aliphatic carbocycles. The summed E-state index contributed by atoms with van der Waals surface area (Å²) in [5, 5.41) is 5.00. The highest BCUT2D eigenvalue weighted by molar-refractivity contribution is 6.39. The van der Waals surface area contributed by atoms with Gasteiger partial charge in [0.25, 0.3) is 5.92 Å². The first-order chi connectivity index (χ1) is 18.8. The van der Waals surface area contributed by atoms with Gasteiger partial charge < -0.3 is 18.9 Å². The molecule has 2 aliphatic rings. The Morgan fingerprint density at radius 3 is 2.51 bits per heavy atom. The lowest BCUT2D eigenvalue weighted by atomic mass is 10.0. The Morgan fingerprint density at radius 1 is 1.15 bits per heavy atom. The maximum Gasteiger partial charge on any atom is 0.384 e. The molecule has 2 heterocycles. The third-order valence-electron chi connectivity index (χ3n) is 6.75. The Hall–Kier alpha value is -3.12. The number of halogens is 4. The van der Waals surface area contributed by atoms with Gasteiger partial charge in [-0.3, -0.25) is 0 Å². The van der Waals surface area contributed by atoms with E-state index in [9.17, 15) is 4.79 Å². The smallest absolute Gasteiger partial charge is 0.384 e. The average molecular weight is 575 g/mol. The Balaban J connectivity index is 1.27. The summed E-state index contributed by atoms with van der Waals surface area (Å²) in [6.45, 7) is 1.76. The van der Waals surface area contributed by atoms with Crippen LogP contribution in [0.3, 0.4) is 0 Å². The summed E-state index contributed by atoms with van der Waals surface area (Å²) in [5.41, 5.74) is 2.78. The number of anilines is 1. The summed E-state index contributed by atoms with van der Waals surface area (Å²) in [5.74, 6) is 2.24. The highest BCUT2D eigenvalue weighted by atomic mass is 35.5. The molecule has 0 bridgehead atoms. The van der Waals surface area contributed by atoms with Crippen LogP contribution in [-0.2, 0) is 20.9 Å². The fourth-order valence-corrected chi connectivity index (χ4v) is 5.20. The van der Waals surface area contributed by atoms with Crippen molar-refractivity contribution in [2.75, 3.05) is 24.6 Å². The lowest BCUT2D eigenvalue weighted by Crippen LogP contribution is -2.52. The summed E-state index contributed by atoms with van der Waals surface area (Å²) in [4.78, 5) is 13.0. The van der Waals surface area contributed by atoms with E-state index in [-0.39, 0.29) is 25.6 Å². The van der Waals surface area contributed by atoms with Crippen LogP contribution >= 0.6 is 23.2 Å². The van der Waals surface area contributed by atoms with E-state index < -0.39 is 24.5 Å². The third kappa shape index (κ3) is 6.22. The maximum absolute atomic E-state index is 15.3. The van der Waals surface area contributed by atoms with Crippen LogP contribution in [0.15, 0.2) is 47.0 Å². The van der Waals surface area contributed by atoms with E-state index in [1.807, 2.05) is 0 Å². The number of piperidine rings is 1. The SMILES string of the molecule is CCOC(=O)C#Cc1ccc(N2CCC(OCc3c(-c4c(Cl)cccc4Cl)noc3C3CC3)C(F)(F)C2)cc1. The van der Waals surface area contributed by atoms with E-state index in [2.05, 4.69) is 17.0 Å². The predicted octanol–water partition coefficient (Wildman–Crippen LogP) is 6.87. The quantitative estimate of drug-likeness (QED) is 0.226. The molecule has 0 spiro atoms. The lowest BCUT2D eigenvalue weighted by Gasteiger charge is -2.39. The van der Waals surface area contributed by atoms with Crippen molar-refractivity contribution in [3.63, 3.8) is 0 Å². The molecule has 0 N–H and O–H groups in total. The Morgan fingerprint density at radius 2 is 1.87 bits per heavy atom. The first kappa shape index (κ1) is 27.4. The molecule has 3 aromatic rings. The Kier molecular flexibility index (Phi) is 8.13. The van der Waals surface area contributed by atoms with E-state index in [4.69, 9.17) is 37.2 Å². The number of hydrogen-bond acceptors (Lipinski definition) is 6. The van der Waals surface area contributed by atoms with Gasteiger partial charge in [-0.25, -0.2) is 13.6 Å². The van der Waals surface area contributed by atoms with E-state index in [0.29, 0.717) is 50.4 Å². The number of esters is 1. The largest absolute Gasteiger partial charge is 0.456 e. The van der Waals surface area contributed by atoms with Crippen LogP contribution < -0.4 is 4.90 Å². The van der Waals surface area contributed by atoms with Gasteiger partial charge in [0.15, 0.2) is 0 Å². The second-order valence-corrected chi connectivity index (χ2v) is 10.3. The lowest BCUT2D eigenvalue weighted by molar-refractivity contribution is -0.148. The molecule has 1 unspecified atom stereocenters. The molecule has 0 amide bonds. The fourth-order valence-electron chi connectivity index (χ4n) is 4.62. The van der Waals surface area contributed by atoms with Crippen molar-refractivity contribution in [3.8, 4) is 23.1 Å². The molecule has 5 rings (SSSR count). The number of carbonyl (C=O) groups is 1. The monoisotopic (exact) mass is 574 g/mol. The number of rotatable bonds is 7. The van der Waals surface area contributed by atoms with Crippen LogP contribution in [0.5, 0.6) is 0 Å². The van der Waals surface area contributed by atoms with Gasteiger partial charge in [0, 0.05) is 40.8 Å². The minimum absolute atomic E-state index is 0.0830. The van der Waals surface area contributed by atoms with Crippen LogP contribution in [0.25, 0.3) is 11.3 Å². The van der Waals surface area contributed by atoms with Crippen LogP contribution in [0.1, 0.15) is 49.0 Å². The van der Waals surface area contributed by atoms with Crippen LogP contribution in [0.4, 0.5) is 14.5 Å². The van der Waals surface area contributed by atoms with Gasteiger partial charge in [-0.05, 0) is 62.6 Å². The van der Waals surface area contributed by atoms with E-state index in [1.165, 1.54) is 0 Å². The molecule has 39 heavy (non-hydrogen) atoms. The van der Waals surface area contributed by atoms with Gasteiger partial charge in [-0.1, -0.05) is 40.3 Å². The molecule has 2 aromatic carbocycles. The van der Waals surface area contributed by atoms with Crippen molar-refractivity contribution >= 4 is 34.9 Å². The first-order valence-corrected chi connectivity index (χ1v) is 13.5. The fraction of sp³-hybridized carbons (Fsp3) is 0.379. The minimum Gasteiger partial charge on any atom is -0.456 e. The third-order valence-corrected chi connectivity index (χ3v) is 7.38. The molecule has 0 radical (unpaired) electrons. The predicted molar refractivity (Wildman–Crippen MR) is 144 cm³/mol. The van der Waals surface area contributed by atoms with Gasteiger partial charge >= 0.3 is 5.97 Å². The highest BCUT2D eigenvalue weighted by Gasteiger charge is 2.46. The zero-order valence-electron chi connectivity index (χ0n) is 21.2. The number of ether oxygens (including phenoxy) is 2. The van der Waals surface area contributed by atoms with Crippen LogP contribution in [-0.4, -0.2) is 42.8 Å². The summed E-state index contributed by atoms with van der Waals surface area (Å²) >= 11 is 12.8. The van der Waals surface area contributed by atoms with Crippen molar-refractivity contribution in [1.82, 2.24) is 5.16 Å². The molecule has 6 nitrogen and oxygen atoms in total. The zero-order valence-corrected chi connectivity index (χ0v) is 22.7. The number of alkyl halides is 2. The standard InChI is InChI=1S/C29H26Cl2F2N2O4/c1-2-37-25(36)13-8-18-6-11-20(12-7-18)35-15-14-24(29(32,33)17-35)38-16-21-27(34-39-28(21)19-9-10-19)26-22(30)4-3-5-23(26)31/h3-7,11-12,19,24H,2,9-10,14-17H2,1H3. The second kappa shape index (κ2) is 11.5. The molecule has 1 saturated carbocycles. The molecular formula is C29H26Cl2F2N2O4. The summed E-state index contributed by atoms with van der Waals surface area (Å²) in [6, 6.07) is 11.9. The van der Waals surface area contributed by atoms with Gasteiger partial charge in [0.1, 0.15) is 17.6 Å². The van der Waals surface area contributed by atoms with Gasteiger partial charge in [0.05, 0.1) is 29.8 Å². The number of nitrogens with zero attached hydrogens (tertiary/aromatic N) is 2. The van der Waals surface area contributed by atoms with Gasteiger partial charge in [-0.15, -0.1) is 0 Å². The average Bonchev–Trinajstić information content (AvgIpc) is 3.67. The van der Waals surface area contributed by atoms with Crippen molar-refractivity contribution in [2.45, 2.75) is 50.7 Å². The molecule has 10 heteroatoms. The zero-order chi connectivity index (χ0) is 27.6. The highest BCUT2D eigenvalue weighted by Crippen LogP contribution is 2.46. The molecule has 1 atom stereocenters. The van der Waals surface area contributed by atoms with Crippen molar-refractivity contribution in [1.29, 1.82) is 0 Å². The minimum atomic E-state index is -3.10. The maximum atomic E-state index is 15.3. The molecule has 204 valence electrons. The summed E-state index contributed by atoms with van der Waals surface area (Å²) in [7, 11) is 0. The molecule has 2 fully saturated rings. The first-order valence-electron chi connectivity index (χ1n) is 12.7. The number of benzene rings is 2. The second-order valence-electron chi connectivity index (χ2n) is 9.53. The summed E-state index contributed by atoms with van der Waals surface area (Å²) < 4.78 is 46.9. The van der Waals surface area contributed by atoms with Crippen molar-refractivity contribution in [3.05, 3.63) is 69.4 Å². The number of aromatic nitrogens is 1. The normalized spacial score (nSPS) is 18.4. The van der Waals surface area contributed by atoms with E-state index >= 15 is 8.78 Å².